The number of benzene rings is 1. The van der Waals surface area contributed by atoms with Crippen molar-refractivity contribution in [2.75, 3.05) is 13.7 Å². The summed E-state index contributed by atoms with van der Waals surface area (Å²) >= 11 is 0. The molecule has 19 heavy (non-hydrogen) atoms. The van der Waals surface area contributed by atoms with E-state index in [4.69, 9.17) is 10.5 Å². The van der Waals surface area contributed by atoms with Gasteiger partial charge in [-0.1, -0.05) is 25.5 Å². The van der Waals surface area contributed by atoms with Crippen molar-refractivity contribution < 1.29 is 9.53 Å². The maximum absolute atomic E-state index is 12.0. The van der Waals surface area contributed by atoms with Gasteiger partial charge < -0.3 is 15.4 Å². The molecule has 1 fully saturated rings. The number of hydrogen-bond donors (Lipinski definition) is 1. The molecular weight excluding hydrogens is 240 g/mol. The fourth-order valence-corrected chi connectivity index (χ4v) is 2.66. The second kappa shape index (κ2) is 6.06. The van der Waals surface area contributed by atoms with Gasteiger partial charge in [0.15, 0.2) is 0 Å². The summed E-state index contributed by atoms with van der Waals surface area (Å²) in [5.41, 5.74) is 7.22. The second-order valence-corrected chi connectivity index (χ2v) is 5.03. The number of rotatable bonds is 5. The monoisotopic (exact) mass is 262 g/mol. The summed E-state index contributed by atoms with van der Waals surface area (Å²) in [5, 5.41) is 0. The van der Waals surface area contributed by atoms with E-state index in [9.17, 15) is 4.79 Å². The number of methoxy groups -OCH3 is 1. The summed E-state index contributed by atoms with van der Waals surface area (Å²) in [5.74, 6) is 0.966. The Kier molecular flexibility index (Phi) is 4.43. The Morgan fingerprint density at radius 3 is 2.95 bits per heavy atom. The number of nitrogens with zero attached hydrogens (tertiary/aromatic N) is 1. The van der Waals surface area contributed by atoms with Gasteiger partial charge in [0, 0.05) is 19.0 Å². The number of hydrogen-bond acceptors (Lipinski definition) is 3. The summed E-state index contributed by atoms with van der Waals surface area (Å²) in [6.45, 7) is 2.91. The summed E-state index contributed by atoms with van der Waals surface area (Å²) in [4.78, 5) is 14.0. The van der Waals surface area contributed by atoms with Gasteiger partial charge in [-0.05, 0) is 24.1 Å². The molecule has 4 heteroatoms. The molecule has 2 unspecified atom stereocenters. The van der Waals surface area contributed by atoms with Crippen LogP contribution in [0.1, 0.15) is 37.8 Å². The summed E-state index contributed by atoms with van der Waals surface area (Å²) in [7, 11) is 1.65. The molecule has 1 heterocycles. The Balaban J connectivity index is 2.25. The van der Waals surface area contributed by atoms with Crippen LogP contribution < -0.4 is 10.5 Å². The van der Waals surface area contributed by atoms with E-state index in [-0.39, 0.29) is 18.0 Å². The van der Waals surface area contributed by atoms with Gasteiger partial charge in [-0.2, -0.15) is 0 Å². The van der Waals surface area contributed by atoms with E-state index >= 15 is 0 Å². The molecule has 1 aliphatic heterocycles. The van der Waals surface area contributed by atoms with Gasteiger partial charge in [-0.25, -0.2) is 0 Å². The minimum absolute atomic E-state index is 0.0193. The molecule has 1 aromatic rings. The fourth-order valence-electron chi connectivity index (χ4n) is 2.66. The molecule has 2 rings (SSSR count). The van der Waals surface area contributed by atoms with Crippen LogP contribution in [0.4, 0.5) is 0 Å². The van der Waals surface area contributed by atoms with Crippen molar-refractivity contribution in [1.29, 1.82) is 0 Å². The standard InChI is InChI=1S/C15H22N2O2/c1-3-4-8-17-14(18)10-13(16)15(17)11-6-5-7-12(9-11)19-2/h5-7,9,13,15H,3-4,8,10,16H2,1-2H3. The lowest BCUT2D eigenvalue weighted by atomic mass is 10.0. The third kappa shape index (κ3) is 2.89. The van der Waals surface area contributed by atoms with Crippen molar-refractivity contribution >= 4 is 5.91 Å². The van der Waals surface area contributed by atoms with Crippen LogP contribution in [-0.2, 0) is 4.79 Å². The Bertz CT molecular complexity index is 448. The average molecular weight is 262 g/mol. The third-order valence-corrected chi connectivity index (χ3v) is 3.66. The van der Waals surface area contributed by atoms with E-state index in [0.29, 0.717) is 6.42 Å². The van der Waals surface area contributed by atoms with Crippen molar-refractivity contribution in [3.05, 3.63) is 29.8 Å². The lowest BCUT2D eigenvalue weighted by Gasteiger charge is -2.27. The van der Waals surface area contributed by atoms with E-state index in [1.54, 1.807) is 7.11 Å². The molecule has 104 valence electrons. The predicted octanol–water partition coefficient (Wildman–Crippen LogP) is 2.10. The summed E-state index contributed by atoms with van der Waals surface area (Å²) in [6, 6.07) is 7.70. The van der Waals surface area contributed by atoms with Crippen LogP contribution in [-0.4, -0.2) is 30.5 Å². The summed E-state index contributed by atoms with van der Waals surface area (Å²) < 4.78 is 5.25. The molecule has 2 atom stereocenters. The van der Waals surface area contributed by atoms with E-state index in [1.165, 1.54) is 0 Å². The number of ether oxygens (including phenoxy) is 1. The van der Waals surface area contributed by atoms with E-state index in [2.05, 4.69) is 6.92 Å². The average Bonchev–Trinajstić information content (AvgIpc) is 2.70. The number of nitrogens with two attached hydrogens (primary N) is 1. The molecule has 0 spiro atoms. The van der Waals surface area contributed by atoms with Gasteiger partial charge >= 0.3 is 0 Å². The van der Waals surface area contributed by atoms with E-state index in [1.807, 2.05) is 29.2 Å². The van der Waals surface area contributed by atoms with E-state index < -0.39 is 0 Å². The van der Waals surface area contributed by atoms with Gasteiger partial charge in [0.05, 0.1) is 13.2 Å². The summed E-state index contributed by atoms with van der Waals surface area (Å²) in [6.07, 6.45) is 2.52. The largest absolute Gasteiger partial charge is 0.497 e. The zero-order chi connectivity index (χ0) is 13.8. The molecule has 0 saturated carbocycles. The highest BCUT2D eigenvalue weighted by Gasteiger charge is 2.38. The van der Waals surface area contributed by atoms with Crippen LogP contribution in [0.3, 0.4) is 0 Å². The van der Waals surface area contributed by atoms with Crippen LogP contribution in [0.25, 0.3) is 0 Å². The smallest absolute Gasteiger partial charge is 0.224 e. The Hall–Kier alpha value is -1.55. The Morgan fingerprint density at radius 2 is 2.26 bits per heavy atom. The predicted molar refractivity (Wildman–Crippen MR) is 74.9 cm³/mol. The SMILES string of the molecule is CCCCN1C(=O)CC(N)C1c1cccc(OC)c1. The molecule has 1 amide bonds. The van der Waals surface area contributed by atoms with E-state index in [0.717, 1.165) is 30.7 Å². The van der Waals surface area contributed by atoms with Crippen molar-refractivity contribution in [3.8, 4) is 5.75 Å². The van der Waals surface area contributed by atoms with Crippen molar-refractivity contribution in [2.45, 2.75) is 38.3 Å². The zero-order valence-electron chi connectivity index (χ0n) is 11.6. The quantitative estimate of drug-likeness (QED) is 0.884. The molecule has 4 nitrogen and oxygen atoms in total. The minimum atomic E-state index is -0.128. The minimum Gasteiger partial charge on any atom is -0.497 e. The van der Waals surface area contributed by atoms with Crippen LogP contribution >= 0.6 is 0 Å². The molecular formula is C15H22N2O2. The highest BCUT2D eigenvalue weighted by atomic mass is 16.5. The molecule has 1 aliphatic rings. The topological polar surface area (TPSA) is 55.6 Å². The first-order valence-electron chi connectivity index (χ1n) is 6.86. The maximum Gasteiger partial charge on any atom is 0.224 e. The molecule has 0 bridgehead atoms. The van der Waals surface area contributed by atoms with Crippen LogP contribution in [0.2, 0.25) is 0 Å². The first kappa shape index (κ1) is 13.9. The lowest BCUT2D eigenvalue weighted by molar-refractivity contribution is -0.129. The van der Waals surface area contributed by atoms with Gasteiger partial charge in [0.25, 0.3) is 0 Å². The molecule has 0 aliphatic carbocycles. The first-order chi connectivity index (χ1) is 9.17. The van der Waals surface area contributed by atoms with Crippen molar-refractivity contribution in [1.82, 2.24) is 4.90 Å². The van der Waals surface area contributed by atoms with Crippen LogP contribution in [0.5, 0.6) is 5.75 Å². The van der Waals surface area contributed by atoms with Crippen LogP contribution in [0, 0.1) is 0 Å². The molecule has 0 aromatic heterocycles. The van der Waals surface area contributed by atoms with Crippen molar-refractivity contribution in [2.24, 2.45) is 5.73 Å². The number of carbonyl (C=O) groups is 1. The van der Waals surface area contributed by atoms with Gasteiger partial charge in [-0.15, -0.1) is 0 Å². The first-order valence-corrected chi connectivity index (χ1v) is 6.86. The van der Waals surface area contributed by atoms with Crippen molar-refractivity contribution in [3.63, 3.8) is 0 Å². The Morgan fingerprint density at radius 1 is 1.47 bits per heavy atom. The van der Waals surface area contributed by atoms with Gasteiger partial charge in [0.2, 0.25) is 5.91 Å². The number of unbranched alkanes of at least 4 members (excludes halogenated alkanes) is 1. The second-order valence-electron chi connectivity index (χ2n) is 5.03. The highest BCUT2D eigenvalue weighted by Crippen LogP contribution is 2.33. The molecule has 1 saturated heterocycles. The zero-order valence-corrected chi connectivity index (χ0v) is 11.6. The molecule has 2 N–H and O–H groups in total. The number of likely N-dealkylation sites (tertiary alicyclic amines) is 1. The third-order valence-electron chi connectivity index (χ3n) is 3.66. The molecule has 1 aromatic carbocycles. The molecule has 0 radical (unpaired) electrons. The number of carbonyl (C=O) groups excluding carboxylic acids is 1. The highest BCUT2D eigenvalue weighted by molar-refractivity contribution is 5.80. The fraction of sp³-hybridized carbons (Fsp3) is 0.533. The lowest BCUT2D eigenvalue weighted by Crippen LogP contribution is -2.33. The normalized spacial score (nSPS) is 22.9. The maximum atomic E-state index is 12.0. The van der Waals surface area contributed by atoms with Crippen LogP contribution in [0.15, 0.2) is 24.3 Å². The van der Waals surface area contributed by atoms with Gasteiger partial charge in [0.1, 0.15) is 5.75 Å². The number of amides is 1. The Labute approximate surface area is 114 Å². The van der Waals surface area contributed by atoms with Gasteiger partial charge in [-0.3, -0.25) is 4.79 Å².